The average molecular weight is 555 g/mol. The summed E-state index contributed by atoms with van der Waals surface area (Å²) in [5.74, 6) is -3.00. The fourth-order valence-electron chi connectivity index (χ4n) is 4.01. The van der Waals surface area contributed by atoms with Gasteiger partial charge in [-0.2, -0.15) is 16.8 Å². The predicted octanol–water partition coefficient (Wildman–Crippen LogP) is 4.38. The van der Waals surface area contributed by atoms with Crippen LogP contribution in [0, 0.1) is 0 Å². The number of rotatable bonds is 10. The number of amides is 1. The molecule has 0 aliphatic rings. The summed E-state index contributed by atoms with van der Waals surface area (Å²) in [7, 11) is -9.15. The molecule has 4 aromatic rings. The van der Waals surface area contributed by atoms with Gasteiger partial charge in [0.15, 0.2) is 5.75 Å². The van der Waals surface area contributed by atoms with Crippen molar-refractivity contribution in [2.75, 3.05) is 11.5 Å². The third-order valence-corrected chi connectivity index (χ3v) is 7.94. The van der Waals surface area contributed by atoms with E-state index in [1.807, 2.05) is 37.3 Å². The van der Waals surface area contributed by atoms with Gasteiger partial charge in [0.1, 0.15) is 11.4 Å². The Bertz CT molecular complexity index is 1660. The van der Waals surface area contributed by atoms with Gasteiger partial charge in [-0.15, -0.1) is 0 Å². The number of para-hydroxylation sites is 1. The van der Waals surface area contributed by atoms with Gasteiger partial charge in [0.2, 0.25) is 0 Å². The van der Waals surface area contributed by atoms with E-state index in [4.69, 9.17) is 8.74 Å². The van der Waals surface area contributed by atoms with Crippen molar-refractivity contribution >= 4 is 37.0 Å². The van der Waals surface area contributed by atoms with E-state index in [-0.39, 0.29) is 23.0 Å². The zero-order valence-electron chi connectivity index (χ0n) is 20.4. The highest BCUT2D eigenvalue weighted by molar-refractivity contribution is 7.90. The summed E-state index contributed by atoms with van der Waals surface area (Å²) in [6.07, 6.45) is 0.563. The molecule has 4 rings (SSSR count). The van der Waals surface area contributed by atoms with Crippen LogP contribution >= 0.6 is 0 Å². The summed E-state index contributed by atoms with van der Waals surface area (Å²) in [6.45, 7) is 1.91. The molecule has 0 radical (unpaired) electrons. The Labute approximate surface area is 221 Å². The number of nitrogens with one attached hydrogen (secondary N) is 1. The smallest absolute Gasteiger partial charge is 0.310 e. The van der Waals surface area contributed by atoms with Gasteiger partial charge in [-0.3, -0.25) is 9.35 Å². The van der Waals surface area contributed by atoms with Gasteiger partial charge < -0.3 is 9.50 Å². The van der Waals surface area contributed by atoms with Crippen molar-refractivity contribution in [3.63, 3.8) is 0 Å². The first-order valence-electron chi connectivity index (χ1n) is 11.8. The highest BCUT2D eigenvalue weighted by Crippen LogP contribution is 2.37. The molecule has 2 N–H and O–H groups in total. The monoisotopic (exact) mass is 554 g/mol. The summed E-state index contributed by atoms with van der Waals surface area (Å²) >= 11 is 0. The Morgan fingerprint density at radius 3 is 2.13 bits per heavy atom. The highest BCUT2D eigenvalue weighted by atomic mass is 32.2. The Morgan fingerprint density at radius 2 is 1.50 bits per heavy atom. The lowest BCUT2D eigenvalue weighted by Gasteiger charge is -2.21. The zero-order valence-corrected chi connectivity index (χ0v) is 22.1. The lowest BCUT2D eigenvalue weighted by Crippen LogP contribution is -2.30. The quantitative estimate of drug-likeness (QED) is 0.217. The maximum Gasteiger partial charge on any atom is 0.310 e. The van der Waals surface area contributed by atoms with Gasteiger partial charge in [0, 0.05) is 10.9 Å². The number of carbonyl (C=O) groups excluding carboxylic acids is 1. The second-order valence-corrected chi connectivity index (χ2v) is 11.8. The van der Waals surface area contributed by atoms with Crippen molar-refractivity contribution in [3.05, 3.63) is 96.1 Å². The van der Waals surface area contributed by atoms with E-state index in [1.165, 1.54) is 0 Å². The Morgan fingerprint density at radius 1 is 0.895 bits per heavy atom. The van der Waals surface area contributed by atoms with Crippen LogP contribution in [0.1, 0.15) is 35.3 Å². The summed E-state index contributed by atoms with van der Waals surface area (Å²) in [5.41, 5.74) is 1.83. The molecular weight excluding hydrogens is 528 g/mol. The summed E-state index contributed by atoms with van der Waals surface area (Å²) in [4.78, 5) is 18.5. The minimum Gasteiger partial charge on any atom is -0.379 e. The molecule has 38 heavy (non-hydrogen) atoms. The number of benzene rings is 3. The molecule has 0 aliphatic heterocycles. The molecule has 3 aromatic carbocycles. The lowest BCUT2D eigenvalue weighted by molar-refractivity contribution is 0.0935. The van der Waals surface area contributed by atoms with Crippen LogP contribution in [0.25, 0.3) is 22.2 Å². The van der Waals surface area contributed by atoms with Crippen LogP contribution in [0.15, 0.2) is 84.9 Å². The zero-order chi connectivity index (χ0) is 27.3. The number of hydrogen-bond acceptors (Lipinski definition) is 7. The number of aromatic nitrogens is 1. The van der Waals surface area contributed by atoms with Gasteiger partial charge in [0.25, 0.3) is 16.0 Å². The molecule has 0 fully saturated rings. The molecule has 0 spiro atoms. The molecule has 1 atom stereocenters. The van der Waals surface area contributed by atoms with Crippen LogP contribution in [0.3, 0.4) is 0 Å². The van der Waals surface area contributed by atoms with Crippen molar-refractivity contribution < 1.29 is 30.4 Å². The molecule has 1 aromatic heterocycles. The van der Waals surface area contributed by atoms with Crippen LogP contribution in [0.5, 0.6) is 5.75 Å². The molecule has 0 saturated carbocycles. The SMILES string of the molecule is CC[C@H](NC(=O)c1c(OS(=O)(=O)CCS(=O)(=O)O)c(-c2ccccc2)nc2ccccc12)c1ccccc1. The molecular formula is C27H26N2O7S2. The van der Waals surface area contributed by atoms with Crippen molar-refractivity contribution in [1.29, 1.82) is 0 Å². The Hall–Kier alpha value is -3.80. The molecule has 11 heteroatoms. The molecule has 0 unspecified atom stereocenters. The predicted molar refractivity (Wildman–Crippen MR) is 145 cm³/mol. The second kappa shape index (κ2) is 11.3. The number of nitrogens with zero attached hydrogens (tertiary/aromatic N) is 1. The topological polar surface area (TPSA) is 140 Å². The van der Waals surface area contributed by atoms with Crippen LogP contribution in [-0.4, -0.2) is 43.8 Å². The van der Waals surface area contributed by atoms with Gasteiger partial charge in [-0.05, 0) is 18.1 Å². The Kier molecular flexibility index (Phi) is 8.10. The minimum atomic E-state index is -4.58. The van der Waals surface area contributed by atoms with Crippen molar-refractivity contribution in [2.45, 2.75) is 19.4 Å². The third kappa shape index (κ3) is 6.55. The molecule has 0 bridgehead atoms. The fraction of sp³-hybridized carbons (Fsp3) is 0.185. The maximum atomic E-state index is 13.9. The van der Waals surface area contributed by atoms with E-state index in [0.717, 1.165) is 5.56 Å². The minimum absolute atomic E-state index is 0.0562. The number of carbonyl (C=O) groups is 1. The van der Waals surface area contributed by atoms with E-state index in [9.17, 15) is 21.6 Å². The van der Waals surface area contributed by atoms with Crippen molar-refractivity contribution in [3.8, 4) is 17.0 Å². The van der Waals surface area contributed by atoms with Gasteiger partial charge >= 0.3 is 10.1 Å². The standard InChI is InChI=1S/C27H26N2O7S2/c1-2-22(19-11-5-3-6-12-19)29-27(30)24-21-15-9-10-16-23(21)28-25(20-13-7-4-8-14-20)26(24)36-38(34,35)18-17-37(31,32)33/h3-16,22H,2,17-18H2,1H3,(H,29,30)(H,31,32,33)/t22-/m0/s1. The normalized spacial score (nSPS) is 12.7. The second-order valence-electron chi connectivity index (χ2n) is 8.52. The molecule has 0 saturated heterocycles. The summed E-state index contributed by atoms with van der Waals surface area (Å²) < 4.78 is 62.7. The highest BCUT2D eigenvalue weighted by Gasteiger charge is 2.29. The van der Waals surface area contributed by atoms with Gasteiger partial charge in [-0.1, -0.05) is 85.8 Å². The van der Waals surface area contributed by atoms with E-state index < -0.39 is 37.6 Å². The maximum absolute atomic E-state index is 13.9. The molecule has 198 valence electrons. The number of pyridine rings is 1. The fourth-order valence-corrected chi connectivity index (χ4v) is 6.16. The van der Waals surface area contributed by atoms with Crippen LogP contribution in [0.4, 0.5) is 0 Å². The van der Waals surface area contributed by atoms with Crippen molar-refractivity contribution in [2.24, 2.45) is 0 Å². The van der Waals surface area contributed by atoms with Crippen LogP contribution < -0.4 is 9.50 Å². The van der Waals surface area contributed by atoms with Gasteiger partial charge in [0.05, 0.1) is 22.9 Å². The summed E-state index contributed by atoms with van der Waals surface area (Å²) in [6, 6.07) is 24.3. The molecule has 1 heterocycles. The number of fused-ring (bicyclic) bond motifs is 1. The van der Waals surface area contributed by atoms with Gasteiger partial charge in [-0.25, -0.2) is 4.98 Å². The molecule has 1 amide bonds. The van der Waals surface area contributed by atoms with Crippen LogP contribution in [0.2, 0.25) is 0 Å². The molecule has 0 aliphatic carbocycles. The largest absolute Gasteiger partial charge is 0.379 e. The van der Waals surface area contributed by atoms with Crippen molar-refractivity contribution in [1.82, 2.24) is 10.3 Å². The first kappa shape index (κ1) is 27.2. The third-order valence-electron chi connectivity index (χ3n) is 5.84. The first-order chi connectivity index (χ1) is 18.1. The number of hydrogen-bond donors (Lipinski definition) is 2. The van der Waals surface area contributed by atoms with E-state index in [2.05, 4.69) is 10.3 Å². The van der Waals surface area contributed by atoms with E-state index in [1.54, 1.807) is 54.6 Å². The lowest BCUT2D eigenvalue weighted by atomic mass is 10.00. The first-order valence-corrected chi connectivity index (χ1v) is 15.0. The van der Waals surface area contributed by atoms with E-state index in [0.29, 0.717) is 22.9 Å². The molecule has 9 nitrogen and oxygen atoms in total. The Balaban J connectivity index is 1.90. The van der Waals surface area contributed by atoms with Crippen LogP contribution in [-0.2, 0) is 20.2 Å². The van der Waals surface area contributed by atoms with E-state index >= 15 is 0 Å². The summed E-state index contributed by atoms with van der Waals surface area (Å²) in [5, 5.41) is 3.33. The average Bonchev–Trinajstić information content (AvgIpc) is 2.90.